The number of amides is 2. The Morgan fingerprint density at radius 1 is 1.16 bits per heavy atom. The summed E-state index contributed by atoms with van der Waals surface area (Å²) in [4.78, 5) is 26.6. The van der Waals surface area contributed by atoms with E-state index in [1.54, 1.807) is 0 Å². The summed E-state index contributed by atoms with van der Waals surface area (Å²) >= 11 is 0. The third kappa shape index (κ3) is 3.95. The van der Waals surface area contributed by atoms with E-state index in [1.807, 2.05) is 4.90 Å². The van der Waals surface area contributed by atoms with Gasteiger partial charge in [-0.05, 0) is 31.6 Å². The Balaban J connectivity index is 2.64. The Morgan fingerprint density at radius 3 is 2.05 bits per heavy atom. The van der Waals surface area contributed by atoms with Gasteiger partial charge in [-0.15, -0.1) is 0 Å². The minimum absolute atomic E-state index is 0.0393. The van der Waals surface area contributed by atoms with Gasteiger partial charge in [-0.2, -0.15) is 0 Å². The van der Waals surface area contributed by atoms with E-state index in [1.165, 1.54) is 0 Å². The predicted octanol–water partition coefficient (Wildman–Crippen LogP) is 2.19. The first kappa shape index (κ1) is 16.0. The molecule has 19 heavy (non-hydrogen) atoms. The number of nitrogens with one attached hydrogen (secondary N) is 1. The van der Waals surface area contributed by atoms with E-state index in [2.05, 4.69) is 33.0 Å². The van der Waals surface area contributed by atoms with Gasteiger partial charge in [0.1, 0.15) is 5.41 Å². The number of nitrogens with zero attached hydrogens (tertiary/aromatic N) is 1. The van der Waals surface area contributed by atoms with Crippen LogP contribution in [0.1, 0.15) is 53.4 Å². The minimum atomic E-state index is -0.737. The average Bonchev–Trinajstić information content (AvgIpc) is 3.16. The summed E-state index contributed by atoms with van der Waals surface area (Å²) in [6.07, 6.45) is 3.30. The monoisotopic (exact) mass is 268 g/mol. The maximum absolute atomic E-state index is 12.6. The Morgan fingerprint density at radius 2 is 1.68 bits per heavy atom. The minimum Gasteiger partial charge on any atom is -0.355 e. The molecule has 4 nitrogen and oxygen atoms in total. The van der Waals surface area contributed by atoms with Gasteiger partial charge in [0.05, 0.1) is 0 Å². The number of rotatable bonds is 8. The van der Waals surface area contributed by atoms with Crippen LogP contribution in [0.2, 0.25) is 0 Å². The molecule has 0 atom stereocenters. The molecule has 1 saturated carbocycles. The zero-order chi connectivity index (χ0) is 14.5. The molecular formula is C15H28N2O2. The van der Waals surface area contributed by atoms with Crippen LogP contribution in [0.15, 0.2) is 0 Å². The van der Waals surface area contributed by atoms with Crippen LogP contribution in [0, 0.1) is 11.3 Å². The lowest BCUT2D eigenvalue weighted by Crippen LogP contribution is -2.46. The zero-order valence-electron chi connectivity index (χ0n) is 12.8. The van der Waals surface area contributed by atoms with Crippen LogP contribution in [-0.2, 0) is 9.59 Å². The lowest BCUT2D eigenvalue weighted by molar-refractivity contribution is -0.144. The van der Waals surface area contributed by atoms with Crippen molar-refractivity contribution < 1.29 is 9.59 Å². The third-order valence-electron chi connectivity index (χ3n) is 3.54. The summed E-state index contributed by atoms with van der Waals surface area (Å²) in [6.45, 7) is 10.4. The van der Waals surface area contributed by atoms with Gasteiger partial charge in [-0.1, -0.05) is 27.7 Å². The first-order valence-electron chi connectivity index (χ1n) is 7.55. The van der Waals surface area contributed by atoms with Gasteiger partial charge in [0.2, 0.25) is 11.8 Å². The highest BCUT2D eigenvalue weighted by molar-refractivity contribution is 6.07. The van der Waals surface area contributed by atoms with Crippen molar-refractivity contribution in [2.45, 2.75) is 53.4 Å². The van der Waals surface area contributed by atoms with Gasteiger partial charge in [-0.25, -0.2) is 0 Å². The predicted molar refractivity (Wildman–Crippen MR) is 76.7 cm³/mol. The quantitative estimate of drug-likeness (QED) is 0.686. The molecule has 0 spiro atoms. The number of hydrogen-bond acceptors (Lipinski definition) is 2. The van der Waals surface area contributed by atoms with E-state index in [0.717, 1.165) is 25.9 Å². The molecule has 0 radical (unpaired) electrons. The number of hydrogen-bond donors (Lipinski definition) is 1. The molecule has 0 heterocycles. The normalized spacial score (nSPS) is 16.3. The van der Waals surface area contributed by atoms with Crippen LogP contribution >= 0.6 is 0 Å². The summed E-state index contributed by atoms with van der Waals surface area (Å²) in [5, 5.41) is 2.92. The topological polar surface area (TPSA) is 49.4 Å². The Labute approximate surface area is 116 Å². The smallest absolute Gasteiger partial charge is 0.238 e. The van der Waals surface area contributed by atoms with Gasteiger partial charge in [-0.3, -0.25) is 9.59 Å². The van der Waals surface area contributed by atoms with Crippen molar-refractivity contribution in [1.82, 2.24) is 10.2 Å². The standard InChI is InChI=1S/C15H28N2O2/c1-5-9-17(10-6-2)14(19)15(7-8-15)13(18)16-11-12(3)4/h12H,5-11H2,1-4H3,(H,16,18). The molecule has 1 N–H and O–H groups in total. The lowest BCUT2D eigenvalue weighted by Gasteiger charge is -2.26. The van der Waals surface area contributed by atoms with Gasteiger partial charge >= 0.3 is 0 Å². The van der Waals surface area contributed by atoms with Crippen LogP contribution in [0.25, 0.3) is 0 Å². The largest absolute Gasteiger partial charge is 0.355 e. The molecular weight excluding hydrogens is 240 g/mol. The van der Waals surface area contributed by atoms with Crippen molar-refractivity contribution >= 4 is 11.8 Å². The molecule has 1 aliphatic carbocycles. The van der Waals surface area contributed by atoms with Gasteiger partial charge in [0, 0.05) is 19.6 Å². The fraction of sp³-hybridized carbons (Fsp3) is 0.867. The molecule has 0 aromatic carbocycles. The number of carbonyl (C=O) groups is 2. The third-order valence-corrected chi connectivity index (χ3v) is 3.54. The van der Waals surface area contributed by atoms with E-state index in [9.17, 15) is 9.59 Å². The maximum Gasteiger partial charge on any atom is 0.238 e. The Kier molecular flexibility index (Phi) is 5.83. The molecule has 2 amide bonds. The SMILES string of the molecule is CCCN(CCC)C(=O)C1(C(=O)NCC(C)C)CC1. The van der Waals surface area contributed by atoms with E-state index in [0.29, 0.717) is 25.3 Å². The fourth-order valence-electron chi connectivity index (χ4n) is 2.29. The van der Waals surface area contributed by atoms with Crippen molar-refractivity contribution in [3.05, 3.63) is 0 Å². The molecule has 1 aliphatic rings. The highest BCUT2D eigenvalue weighted by Gasteiger charge is 2.57. The first-order valence-corrected chi connectivity index (χ1v) is 7.55. The van der Waals surface area contributed by atoms with Crippen molar-refractivity contribution in [3.8, 4) is 0 Å². The molecule has 0 aliphatic heterocycles. The van der Waals surface area contributed by atoms with Crippen LogP contribution < -0.4 is 5.32 Å². The van der Waals surface area contributed by atoms with Gasteiger partial charge in [0.25, 0.3) is 0 Å². The average molecular weight is 268 g/mol. The summed E-state index contributed by atoms with van der Waals surface area (Å²) in [7, 11) is 0. The van der Waals surface area contributed by atoms with Gasteiger partial charge in [0.15, 0.2) is 0 Å². The van der Waals surface area contributed by atoms with Crippen molar-refractivity contribution in [3.63, 3.8) is 0 Å². The highest BCUT2D eigenvalue weighted by Crippen LogP contribution is 2.47. The molecule has 110 valence electrons. The van der Waals surface area contributed by atoms with Crippen molar-refractivity contribution in [2.75, 3.05) is 19.6 Å². The van der Waals surface area contributed by atoms with Crippen molar-refractivity contribution in [1.29, 1.82) is 0 Å². The van der Waals surface area contributed by atoms with Crippen LogP contribution in [-0.4, -0.2) is 36.3 Å². The summed E-state index contributed by atoms with van der Waals surface area (Å²) in [6, 6.07) is 0. The maximum atomic E-state index is 12.6. The Hall–Kier alpha value is -1.06. The van der Waals surface area contributed by atoms with E-state index < -0.39 is 5.41 Å². The molecule has 1 rings (SSSR count). The number of carbonyl (C=O) groups excluding carboxylic acids is 2. The van der Waals surface area contributed by atoms with Crippen LogP contribution in [0.3, 0.4) is 0 Å². The molecule has 0 saturated heterocycles. The molecule has 0 bridgehead atoms. The van der Waals surface area contributed by atoms with E-state index >= 15 is 0 Å². The van der Waals surface area contributed by atoms with E-state index in [4.69, 9.17) is 0 Å². The van der Waals surface area contributed by atoms with Crippen molar-refractivity contribution in [2.24, 2.45) is 11.3 Å². The second-order valence-electron chi connectivity index (χ2n) is 5.98. The first-order chi connectivity index (χ1) is 8.97. The molecule has 4 heteroatoms. The molecule has 0 aromatic rings. The van der Waals surface area contributed by atoms with E-state index in [-0.39, 0.29) is 11.8 Å². The van der Waals surface area contributed by atoms with Gasteiger partial charge < -0.3 is 10.2 Å². The summed E-state index contributed by atoms with van der Waals surface area (Å²) < 4.78 is 0. The summed E-state index contributed by atoms with van der Waals surface area (Å²) in [5.41, 5.74) is -0.737. The van der Waals surface area contributed by atoms with Crippen LogP contribution in [0.4, 0.5) is 0 Å². The highest BCUT2D eigenvalue weighted by atomic mass is 16.2. The lowest BCUT2D eigenvalue weighted by atomic mass is 10.0. The molecule has 0 aromatic heterocycles. The summed E-state index contributed by atoms with van der Waals surface area (Å²) in [5.74, 6) is 0.387. The van der Waals surface area contributed by atoms with Crippen LogP contribution in [0.5, 0.6) is 0 Å². The molecule has 0 unspecified atom stereocenters. The fourth-order valence-corrected chi connectivity index (χ4v) is 2.29. The Bertz CT molecular complexity index is 316. The second-order valence-corrected chi connectivity index (χ2v) is 5.98. The zero-order valence-corrected chi connectivity index (χ0v) is 12.8. The molecule has 1 fully saturated rings. The second kappa shape index (κ2) is 6.92.